The van der Waals surface area contributed by atoms with Gasteiger partial charge in [0.2, 0.25) is 5.91 Å². The molecule has 2 unspecified atom stereocenters. The van der Waals surface area contributed by atoms with Crippen LogP contribution in [0, 0.1) is 5.92 Å². The van der Waals surface area contributed by atoms with Crippen molar-refractivity contribution < 1.29 is 9.90 Å². The first kappa shape index (κ1) is 13.4. The summed E-state index contributed by atoms with van der Waals surface area (Å²) < 4.78 is 0. The number of carbonyl (C=O) groups is 1. The van der Waals surface area contributed by atoms with Gasteiger partial charge in [-0.05, 0) is 25.3 Å². The van der Waals surface area contributed by atoms with Crippen LogP contribution in [-0.2, 0) is 4.79 Å². The molecule has 0 radical (unpaired) electrons. The van der Waals surface area contributed by atoms with E-state index in [-0.39, 0.29) is 24.5 Å². The molecule has 84 valence electrons. The SMILES string of the molecule is CCC(CCO)NC(=O)CC(C)CN. The van der Waals surface area contributed by atoms with E-state index in [2.05, 4.69) is 5.32 Å². The van der Waals surface area contributed by atoms with Gasteiger partial charge < -0.3 is 16.2 Å². The van der Waals surface area contributed by atoms with E-state index in [9.17, 15) is 4.79 Å². The Balaban J connectivity index is 3.78. The van der Waals surface area contributed by atoms with Gasteiger partial charge in [-0.2, -0.15) is 0 Å². The van der Waals surface area contributed by atoms with Crippen molar-refractivity contribution in [2.75, 3.05) is 13.2 Å². The lowest BCUT2D eigenvalue weighted by Crippen LogP contribution is -2.36. The van der Waals surface area contributed by atoms with Crippen LogP contribution in [-0.4, -0.2) is 30.2 Å². The molecule has 4 nitrogen and oxygen atoms in total. The monoisotopic (exact) mass is 202 g/mol. The van der Waals surface area contributed by atoms with Gasteiger partial charge in [0, 0.05) is 19.1 Å². The zero-order valence-electron chi connectivity index (χ0n) is 9.12. The fourth-order valence-electron chi connectivity index (χ4n) is 1.22. The van der Waals surface area contributed by atoms with Gasteiger partial charge in [0.15, 0.2) is 0 Å². The Morgan fingerprint density at radius 1 is 1.57 bits per heavy atom. The predicted molar refractivity (Wildman–Crippen MR) is 56.8 cm³/mol. The van der Waals surface area contributed by atoms with Gasteiger partial charge in [-0.15, -0.1) is 0 Å². The van der Waals surface area contributed by atoms with Gasteiger partial charge in [0.1, 0.15) is 0 Å². The average Bonchev–Trinajstić information content (AvgIpc) is 2.16. The lowest BCUT2D eigenvalue weighted by molar-refractivity contribution is -0.122. The summed E-state index contributed by atoms with van der Waals surface area (Å²) in [5, 5.41) is 11.6. The molecule has 0 spiro atoms. The average molecular weight is 202 g/mol. The van der Waals surface area contributed by atoms with Gasteiger partial charge in [-0.1, -0.05) is 13.8 Å². The predicted octanol–water partition coefficient (Wildman–Crippen LogP) is 0.249. The second kappa shape index (κ2) is 7.76. The van der Waals surface area contributed by atoms with Gasteiger partial charge in [-0.3, -0.25) is 4.79 Å². The molecule has 0 aliphatic heterocycles. The lowest BCUT2D eigenvalue weighted by Gasteiger charge is -2.17. The minimum atomic E-state index is 0.0308. The van der Waals surface area contributed by atoms with Crippen molar-refractivity contribution in [3.05, 3.63) is 0 Å². The highest BCUT2D eigenvalue weighted by molar-refractivity contribution is 5.76. The third-order valence-corrected chi connectivity index (χ3v) is 2.27. The van der Waals surface area contributed by atoms with Crippen molar-refractivity contribution >= 4 is 5.91 Å². The highest BCUT2D eigenvalue weighted by Crippen LogP contribution is 2.01. The van der Waals surface area contributed by atoms with Crippen LogP contribution in [0.2, 0.25) is 0 Å². The van der Waals surface area contributed by atoms with Gasteiger partial charge in [0.25, 0.3) is 0 Å². The zero-order chi connectivity index (χ0) is 11.0. The number of rotatable bonds is 7. The highest BCUT2D eigenvalue weighted by atomic mass is 16.3. The van der Waals surface area contributed by atoms with E-state index in [1.165, 1.54) is 0 Å². The molecule has 4 N–H and O–H groups in total. The summed E-state index contributed by atoms with van der Waals surface area (Å²) in [5.74, 6) is 0.255. The summed E-state index contributed by atoms with van der Waals surface area (Å²) in [4.78, 5) is 11.4. The van der Waals surface area contributed by atoms with Crippen LogP contribution < -0.4 is 11.1 Å². The molecule has 14 heavy (non-hydrogen) atoms. The number of carbonyl (C=O) groups excluding carboxylic acids is 1. The molecule has 0 heterocycles. The number of aliphatic hydroxyl groups is 1. The first-order chi connectivity index (χ1) is 6.63. The minimum Gasteiger partial charge on any atom is -0.396 e. The van der Waals surface area contributed by atoms with Gasteiger partial charge >= 0.3 is 0 Å². The fraction of sp³-hybridized carbons (Fsp3) is 0.900. The maximum Gasteiger partial charge on any atom is 0.220 e. The van der Waals surface area contributed by atoms with Crippen molar-refractivity contribution in [2.45, 2.75) is 39.2 Å². The highest BCUT2D eigenvalue weighted by Gasteiger charge is 2.11. The van der Waals surface area contributed by atoms with Crippen molar-refractivity contribution in [1.82, 2.24) is 5.32 Å². The van der Waals surface area contributed by atoms with E-state index in [0.717, 1.165) is 6.42 Å². The van der Waals surface area contributed by atoms with E-state index in [1.807, 2.05) is 13.8 Å². The van der Waals surface area contributed by atoms with E-state index in [4.69, 9.17) is 10.8 Å². The number of hydrogen-bond acceptors (Lipinski definition) is 3. The van der Waals surface area contributed by atoms with Crippen LogP contribution in [0.1, 0.15) is 33.1 Å². The fourth-order valence-corrected chi connectivity index (χ4v) is 1.22. The first-order valence-electron chi connectivity index (χ1n) is 5.24. The van der Waals surface area contributed by atoms with Crippen LogP contribution in [0.4, 0.5) is 0 Å². The normalized spacial score (nSPS) is 14.9. The Labute approximate surface area is 85.9 Å². The molecule has 4 heteroatoms. The number of aliphatic hydroxyl groups excluding tert-OH is 1. The number of hydrogen-bond donors (Lipinski definition) is 3. The standard InChI is InChI=1S/C10H22N2O2/c1-3-9(4-5-13)12-10(14)6-8(2)7-11/h8-9,13H,3-7,11H2,1-2H3,(H,12,14). The van der Waals surface area contributed by atoms with Crippen molar-refractivity contribution in [3.8, 4) is 0 Å². The van der Waals surface area contributed by atoms with Crippen molar-refractivity contribution in [3.63, 3.8) is 0 Å². The Hall–Kier alpha value is -0.610. The number of nitrogens with one attached hydrogen (secondary N) is 1. The van der Waals surface area contributed by atoms with E-state index >= 15 is 0 Å². The molecular formula is C10H22N2O2. The second-order valence-corrected chi connectivity index (χ2v) is 3.73. The molecule has 0 bridgehead atoms. The second-order valence-electron chi connectivity index (χ2n) is 3.73. The van der Waals surface area contributed by atoms with E-state index in [0.29, 0.717) is 19.4 Å². The Morgan fingerprint density at radius 2 is 2.21 bits per heavy atom. The smallest absolute Gasteiger partial charge is 0.220 e. The zero-order valence-corrected chi connectivity index (χ0v) is 9.12. The van der Waals surface area contributed by atoms with E-state index in [1.54, 1.807) is 0 Å². The molecule has 0 rings (SSSR count). The minimum absolute atomic E-state index is 0.0308. The summed E-state index contributed by atoms with van der Waals surface area (Å²) in [6.45, 7) is 4.59. The molecule has 0 aliphatic rings. The maximum atomic E-state index is 11.4. The van der Waals surface area contributed by atoms with Gasteiger partial charge in [0.05, 0.1) is 0 Å². The van der Waals surface area contributed by atoms with Crippen molar-refractivity contribution in [1.29, 1.82) is 0 Å². The van der Waals surface area contributed by atoms with Crippen molar-refractivity contribution in [2.24, 2.45) is 11.7 Å². The van der Waals surface area contributed by atoms with Gasteiger partial charge in [-0.25, -0.2) is 0 Å². The van der Waals surface area contributed by atoms with Crippen LogP contribution in [0.3, 0.4) is 0 Å². The van der Waals surface area contributed by atoms with Crippen LogP contribution in [0.15, 0.2) is 0 Å². The molecule has 0 aromatic carbocycles. The third kappa shape index (κ3) is 5.94. The summed E-state index contributed by atoms with van der Waals surface area (Å²) in [7, 11) is 0. The molecule has 0 aromatic heterocycles. The lowest BCUT2D eigenvalue weighted by atomic mass is 10.1. The molecule has 2 atom stereocenters. The van der Waals surface area contributed by atoms with E-state index < -0.39 is 0 Å². The first-order valence-corrected chi connectivity index (χ1v) is 5.24. The summed E-state index contributed by atoms with van der Waals surface area (Å²) in [6, 6.07) is 0.0949. The molecule has 0 aliphatic carbocycles. The summed E-state index contributed by atoms with van der Waals surface area (Å²) in [5.41, 5.74) is 5.42. The molecule has 0 saturated carbocycles. The Bertz CT molecular complexity index is 162. The molecule has 0 saturated heterocycles. The molecule has 1 amide bonds. The topological polar surface area (TPSA) is 75.3 Å². The molecular weight excluding hydrogens is 180 g/mol. The quantitative estimate of drug-likeness (QED) is 0.554. The maximum absolute atomic E-state index is 11.4. The summed E-state index contributed by atoms with van der Waals surface area (Å²) >= 11 is 0. The Morgan fingerprint density at radius 3 is 2.64 bits per heavy atom. The largest absolute Gasteiger partial charge is 0.396 e. The van der Waals surface area contributed by atoms with Crippen LogP contribution in [0.5, 0.6) is 0 Å². The molecule has 0 fully saturated rings. The Kier molecular flexibility index (Phi) is 7.42. The number of nitrogens with two attached hydrogens (primary N) is 1. The van der Waals surface area contributed by atoms with Crippen LogP contribution >= 0.6 is 0 Å². The van der Waals surface area contributed by atoms with Crippen LogP contribution in [0.25, 0.3) is 0 Å². The summed E-state index contributed by atoms with van der Waals surface area (Å²) in [6.07, 6.45) is 1.95. The third-order valence-electron chi connectivity index (χ3n) is 2.27. The number of amides is 1. The molecule has 0 aromatic rings.